The first-order chi connectivity index (χ1) is 9.74. The van der Waals surface area contributed by atoms with E-state index in [0.717, 1.165) is 22.3 Å². The molecule has 0 aliphatic carbocycles. The summed E-state index contributed by atoms with van der Waals surface area (Å²) >= 11 is 0. The highest BCUT2D eigenvalue weighted by molar-refractivity contribution is 5.84. The van der Waals surface area contributed by atoms with Gasteiger partial charge in [-0.25, -0.2) is 4.79 Å². The van der Waals surface area contributed by atoms with Crippen molar-refractivity contribution in [3.05, 3.63) is 82.8 Å². The van der Waals surface area contributed by atoms with E-state index >= 15 is 0 Å². The molecule has 20 heavy (non-hydrogen) atoms. The lowest BCUT2D eigenvalue weighted by molar-refractivity contribution is 0.510. The first-order valence-corrected chi connectivity index (χ1v) is 6.42. The maximum atomic E-state index is 11.7. The molecule has 0 N–H and O–H groups in total. The average Bonchev–Trinajstić information content (AvgIpc) is 2.95. The predicted octanol–water partition coefficient (Wildman–Crippen LogP) is 3.73. The van der Waals surface area contributed by atoms with E-state index in [0.29, 0.717) is 18.2 Å². The van der Waals surface area contributed by atoms with Crippen molar-refractivity contribution in [1.82, 2.24) is 0 Å². The van der Waals surface area contributed by atoms with Crippen LogP contribution in [0.15, 0.2) is 74.7 Å². The van der Waals surface area contributed by atoms with Crippen LogP contribution in [-0.4, -0.2) is 0 Å². The second kappa shape index (κ2) is 5.21. The smallest absolute Gasteiger partial charge is 0.343 e. The lowest BCUT2D eigenvalue weighted by Crippen LogP contribution is -2.02. The van der Waals surface area contributed by atoms with Gasteiger partial charge in [-0.3, -0.25) is 0 Å². The highest BCUT2D eigenvalue weighted by Gasteiger charge is 2.08. The molecule has 1 aromatic carbocycles. The Bertz CT molecular complexity index is 794. The van der Waals surface area contributed by atoms with Crippen LogP contribution in [0.5, 0.6) is 0 Å². The molecule has 0 saturated heterocycles. The minimum atomic E-state index is -0.305. The van der Waals surface area contributed by atoms with Gasteiger partial charge in [-0.05, 0) is 35.6 Å². The number of allylic oxidation sites excluding steroid dienone is 1. The molecule has 0 spiro atoms. The number of fused-ring (bicyclic) bond motifs is 1. The van der Waals surface area contributed by atoms with Crippen molar-refractivity contribution >= 4 is 10.8 Å². The third-order valence-electron chi connectivity index (χ3n) is 3.25. The second-order valence-corrected chi connectivity index (χ2v) is 4.78. The minimum Gasteiger partial charge on any atom is -0.469 e. The lowest BCUT2D eigenvalue weighted by atomic mass is 10.00. The quantitative estimate of drug-likeness (QED) is 0.676. The van der Waals surface area contributed by atoms with Crippen LogP contribution in [0.3, 0.4) is 0 Å². The third-order valence-corrected chi connectivity index (χ3v) is 3.25. The number of benzene rings is 1. The SMILES string of the molecule is C=C(Cc1ccco1)Cc1coc(=O)c2ccccc12. The molecule has 0 amide bonds. The van der Waals surface area contributed by atoms with Gasteiger partial charge in [-0.2, -0.15) is 0 Å². The largest absolute Gasteiger partial charge is 0.469 e. The minimum absolute atomic E-state index is 0.305. The van der Waals surface area contributed by atoms with Gasteiger partial charge in [-0.1, -0.05) is 30.4 Å². The molecule has 0 unspecified atom stereocenters. The third kappa shape index (κ3) is 2.43. The summed E-state index contributed by atoms with van der Waals surface area (Å²) in [6, 6.07) is 11.2. The molecule has 0 fully saturated rings. The first kappa shape index (κ1) is 12.5. The van der Waals surface area contributed by atoms with Gasteiger partial charge in [0.15, 0.2) is 0 Å². The second-order valence-electron chi connectivity index (χ2n) is 4.78. The van der Waals surface area contributed by atoms with Crippen LogP contribution in [0, 0.1) is 0 Å². The zero-order chi connectivity index (χ0) is 13.9. The Morgan fingerprint density at radius 2 is 1.80 bits per heavy atom. The average molecular weight is 266 g/mol. The van der Waals surface area contributed by atoms with Crippen molar-refractivity contribution in [1.29, 1.82) is 0 Å². The van der Waals surface area contributed by atoms with Gasteiger partial charge in [0.1, 0.15) is 5.76 Å². The maximum Gasteiger partial charge on any atom is 0.343 e. The fourth-order valence-electron chi connectivity index (χ4n) is 2.32. The molecule has 0 bridgehead atoms. The summed E-state index contributed by atoms with van der Waals surface area (Å²) in [5.74, 6) is 0.886. The summed E-state index contributed by atoms with van der Waals surface area (Å²) in [6.07, 6.45) is 4.52. The molecule has 3 rings (SSSR count). The Morgan fingerprint density at radius 3 is 2.55 bits per heavy atom. The van der Waals surface area contributed by atoms with Crippen molar-refractivity contribution in [3.8, 4) is 0 Å². The molecule has 0 saturated carbocycles. The molecule has 0 aliphatic rings. The molecule has 2 aromatic heterocycles. The van der Waals surface area contributed by atoms with Gasteiger partial charge in [0.05, 0.1) is 17.9 Å². The van der Waals surface area contributed by atoms with Crippen LogP contribution in [0.2, 0.25) is 0 Å². The van der Waals surface area contributed by atoms with E-state index in [4.69, 9.17) is 8.83 Å². The number of rotatable bonds is 4. The highest BCUT2D eigenvalue weighted by atomic mass is 16.4. The van der Waals surface area contributed by atoms with Gasteiger partial charge in [-0.15, -0.1) is 0 Å². The van der Waals surface area contributed by atoms with Gasteiger partial charge >= 0.3 is 5.63 Å². The Morgan fingerprint density at radius 1 is 1.00 bits per heavy atom. The maximum absolute atomic E-state index is 11.7. The molecule has 0 aliphatic heterocycles. The Hall–Kier alpha value is -2.55. The van der Waals surface area contributed by atoms with Crippen molar-refractivity contribution in [2.75, 3.05) is 0 Å². The van der Waals surface area contributed by atoms with E-state index in [1.165, 1.54) is 6.26 Å². The van der Waals surface area contributed by atoms with Crippen LogP contribution in [0.4, 0.5) is 0 Å². The van der Waals surface area contributed by atoms with E-state index in [1.807, 2.05) is 30.3 Å². The fourth-order valence-corrected chi connectivity index (χ4v) is 2.32. The molecule has 3 nitrogen and oxygen atoms in total. The fraction of sp³-hybridized carbons (Fsp3) is 0.118. The molecule has 100 valence electrons. The summed E-state index contributed by atoms with van der Waals surface area (Å²) in [7, 11) is 0. The molecule has 2 heterocycles. The van der Waals surface area contributed by atoms with E-state index in [9.17, 15) is 4.79 Å². The van der Waals surface area contributed by atoms with Crippen LogP contribution in [0.25, 0.3) is 10.8 Å². The number of hydrogen-bond acceptors (Lipinski definition) is 3. The van der Waals surface area contributed by atoms with Gasteiger partial charge < -0.3 is 8.83 Å². The summed E-state index contributed by atoms with van der Waals surface area (Å²) < 4.78 is 10.4. The van der Waals surface area contributed by atoms with Crippen LogP contribution in [0.1, 0.15) is 11.3 Å². The van der Waals surface area contributed by atoms with E-state index in [-0.39, 0.29) is 5.63 Å². The van der Waals surface area contributed by atoms with E-state index in [1.54, 1.807) is 12.3 Å². The van der Waals surface area contributed by atoms with Crippen molar-refractivity contribution < 1.29 is 8.83 Å². The summed E-state index contributed by atoms with van der Waals surface area (Å²) in [4.78, 5) is 11.7. The molecular weight excluding hydrogens is 252 g/mol. The van der Waals surface area contributed by atoms with Gasteiger partial charge in [0.25, 0.3) is 0 Å². The van der Waals surface area contributed by atoms with Crippen LogP contribution < -0.4 is 5.63 Å². The van der Waals surface area contributed by atoms with Gasteiger partial charge in [0.2, 0.25) is 0 Å². The number of hydrogen-bond donors (Lipinski definition) is 0. The van der Waals surface area contributed by atoms with E-state index in [2.05, 4.69) is 6.58 Å². The molecule has 0 radical (unpaired) electrons. The summed E-state index contributed by atoms with van der Waals surface area (Å²) in [5, 5.41) is 1.53. The zero-order valence-corrected chi connectivity index (χ0v) is 11.0. The molecular formula is C17H14O3. The van der Waals surface area contributed by atoms with Crippen molar-refractivity contribution in [3.63, 3.8) is 0 Å². The number of furan rings is 1. The van der Waals surface area contributed by atoms with E-state index < -0.39 is 0 Å². The lowest BCUT2D eigenvalue weighted by Gasteiger charge is -2.06. The molecule has 0 atom stereocenters. The first-order valence-electron chi connectivity index (χ1n) is 6.42. The Labute approximate surface area is 116 Å². The van der Waals surface area contributed by atoms with Crippen LogP contribution in [-0.2, 0) is 12.8 Å². The Balaban J connectivity index is 1.89. The molecule has 3 heteroatoms. The van der Waals surface area contributed by atoms with Gasteiger partial charge in [0, 0.05) is 6.42 Å². The normalized spacial score (nSPS) is 10.8. The van der Waals surface area contributed by atoms with Crippen molar-refractivity contribution in [2.45, 2.75) is 12.8 Å². The molecule has 3 aromatic rings. The van der Waals surface area contributed by atoms with Crippen molar-refractivity contribution in [2.24, 2.45) is 0 Å². The summed E-state index contributed by atoms with van der Waals surface area (Å²) in [6.45, 7) is 4.07. The Kier molecular flexibility index (Phi) is 3.25. The summed E-state index contributed by atoms with van der Waals surface area (Å²) in [5.41, 5.74) is 1.68. The van der Waals surface area contributed by atoms with Crippen LogP contribution >= 0.6 is 0 Å². The standard InChI is InChI=1S/C17H14O3/c1-12(10-14-5-4-8-19-14)9-13-11-20-17(18)16-7-3-2-6-15(13)16/h2-8,11H,1,9-10H2. The zero-order valence-electron chi connectivity index (χ0n) is 11.0. The topological polar surface area (TPSA) is 43.4 Å². The predicted molar refractivity (Wildman–Crippen MR) is 77.7 cm³/mol. The highest BCUT2D eigenvalue weighted by Crippen LogP contribution is 2.19. The monoisotopic (exact) mass is 266 g/mol.